The van der Waals surface area contributed by atoms with Crippen molar-refractivity contribution < 1.29 is 9.90 Å². The zero-order valence-corrected chi connectivity index (χ0v) is 8.56. The van der Waals surface area contributed by atoms with Gasteiger partial charge < -0.3 is 5.11 Å². The van der Waals surface area contributed by atoms with Crippen molar-refractivity contribution in [3.63, 3.8) is 0 Å². The first-order chi connectivity index (χ1) is 5.21. The Bertz CT molecular complexity index is 172. The van der Waals surface area contributed by atoms with Crippen LogP contribution in [0.2, 0.25) is 0 Å². The van der Waals surface area contributed by atoms with Crippen LogP contribution in [0.3, 0.4) is 0 Å². The number of nitrogens with one attached hydrogen (secondary N) is 1. The highest BCUT2D eigenvalue weighted by atomic mass is 16.4. The van der Waals surface area contributed by atoms with Crippen LogP contribution >= 0.6 is 0 Å². The number of carboxylic acids is 1. The molecule has 12 heavy (non-hydrogen) atoms. The first kappa shape index (κ1) is 11.4. The summed E-state index contributed by atoms with van der Waals surface area (Å²) in [7, 11) is 0. The molecule has 0 radical (unpaired) electrons. The minimum absolute atomic E-state index is 0.164. The number of carboxylic acid groups (broad SMARTS) is 1. The molecule has 0 bridgehead atoms. The molecule has 0 unspecified atom stereocenters. The van der Waals surface area contributed by atoms with Crippen molar-refractivity contribution in [1.82, 2.24) is 5.32 Å². The Morgan fingerprint density at radius 3 is 1.83 bits per heavy atom. The number of hydrogen-bond donors (Lipinski definition) is 2. The van der Waals surface area contributed by atoms with Gasteiger partial charge in [0.1, 0.15) is 5.54 Å². The van der Waals surface area contributed by atoms with E-state index in [1.807, 2.05) is 27.7 Å². The Morgan fingerprint density at radius 1 is 1.33 bits per heavy atom. The summed E-state index contributed by atoms with van der Waals surface area (Å²) < 4.78 is 0. The lowest BCUT2D eigenvalue weighted by molar-refractivity contribution is -0.145. The maximum absolute atomic E-state index is 10.9. The molecule has 0 spiro atoms. The molecule has 0 aromatic rings. The topological polar surface area (TPSA) is 49.3 Å². The minimum Gasteiger partial charge on any atom is -0.480 e. The Balaban J connectivity index is 4.46. The summed E-state index contributed by atoms with van der Waals surface area (Å²) in [6.07, 6.45) is 0.583. The molecule has 3 nitrogen and oxygen atoms in total. The summed E-state index contributed by atoms with van der Waals surface area (Å²) in [6.45, 7) is 9.46. The Kier molecular flexibility index (Phi) is 3.27. The molecule has 3 heteroatoms. The number of carbonyl (C=O) groups is 1. The first-order valence-corrected chi connectivity index (χ1v) is 4.24. The smallest absolute Gasteiger partial charge is 0.323 e. The molecule has 0 aliphatic carbocycles. The van der Waals surface area contributed by atoms with Crippen LogP contribution in [0.5, 0.6) is 0 Å². The number of hydrogen-bond acceptors (Lipinski definition) is 2. The molecule has 0 rings (SSSR count). The van der Waals surface area contributed by atoms with Crippen LogP contribution < -0.4 is 5.32 Å². The molecular formula is C9H19NO2. The van der Waals surface area contributed by atoms with E-state index in [-0.39, 0.29) is 5.54 Å². The lowest BCUT2D eigenvalue weighted by Gasteiger charge is -2.33. The third-order valence-corrected chi connectivity index (χ3v) is 1.83. The minimum atomic E-state index is -0.807. The van der Waals surface area contributed by atoms with E-state index in [0.717, 1.165) is 0 Å². The van der Waals surface area contributed by atoms with Crippen LogP contribution in [0.1, 0.15) is 41.0 Å². The Labute approximate surface area is 74.2 Å². The van der Waals surface area contributed by atoms with Crippen molar-refractivity contribution in [2.45, 2.75) is 52.1 Å². The third-order valence-electron chi connectivity index (χ3n) is 1.83. The van der Waals surface area contributed by atoms with Gasteiger partial charge in [-0.1, -0.05) is 6.92 Å². The number of rotatable bonds is 3. The monoisotopic (exact) mass is 173 g/mol. The number of aliphatic carboxylic acids is 1. The van der Waals surface area contributed by atoms with E-state index in [9.17, 15) is 4.79 Å². The van der Waals surface area contributed by atoms with Gasteiger partial charge in [-0.3, -0.25) is 10.1 Å². The largest absolute Gasteiger partial charge is 0.480 e. The van der Waals surface area contributed by atoms with E-state index in [1.54, 1.807) is 6.92 Å². The molecule has 0 amide bonds. The van der Waals surface area contributed by atoms with Gasteiger partial charge in [0.2, 0.25) is 0 Å². The zero-order valence-electron chi connectivity index (χ0n) is 8.56. The van der Waals surface area contributed by atoms with Gasteiger partial charge in [0.05, 0.1) is 0 Å². The fourth-order valence-corrected chi connectivity index (χ4v) is 1.12. The van der Waals surface area contributed by atoms with E-state index in [0.29, 0.717) is 6.42 Å². The average Bonchev–Trinajstić information content (AvgIpc) is 1.83. The Hall–Kier alpha value is -0.570. The van der Waals surface area contributed by atoms with E-state index >= 15 is 0 Å². The highest BCUT2D eigenvalue weighted by molar-refractivity contribution is 5.78. The predicted molar refractivity (Wildman–Crippen MR) is 49.2 cm³/mol. The molecule has 0 saturated heterocycles. The summed E-state index contributed by atoms with van der Waals surface area (Å²) in [5.74, 6) is -0.792. The van der Waals surface area contributed by atoms with E-state index < -0.39 is 11.5 Å². The maximum Gasteiger partial charge on any atom is 0.323 e. The van der Waals surface area contributed by atoms with Crippen LogP contribution in [0, 0.1) is 0 Å². The highest BCUT2D eigenvalue weighted by Crippen LogP contribution is 2.14. The molecule has 0 heterocycles. The molecule has 0 aliphatic rings. The first-order valence-electron chi connectivity index (χ1n) is 4.24. The van der Waals surface area contributed by atoms with Crippen molar-refractivity contribution in [3.05, 3.63) is 0 Å². The van der Waals surface area contributed by atoms with Crippen molar-refractivity contribution in [1.29, 1.82) is 0 Å². The van der Waals surface area contributed by atoms with E-state index in [2.05, 4.69) is 5.32 Å². The highest BCUT2D eigenvalue weighted by Gasteiger charge is 2.34. The van der Waals surface area contributed by atoms with E-state index in [1.165, 1.54) is 0 Å². The SMILES string of the molecule is CC[C@](C)(NC(C)(C)C)C(=O)O. The molecular weight excluding hydrogens is 154 g/mol. The van der Waals surface area contributed by atoms with Gasteiger partial charge in [0.25, 0.3) is 0 Å². The second-order valence-corrected chi connectivity index (χ2v) is 4.37. The summed E-state index contributed by atoms with van der Waals surface area (Å²) in [5.41, 5.74) is -0.971. The summed E-state index contributed by atoms with van der Waals surface area (Å²) in [6, 6.07) is 0. The second kappa shape index (κ2) is 3.44. The molecule has 72 valence electrons. The molecule has 0 aromatic heterocycles. The normalized spacial score (nSPS) is 17.1. The van der Waals surface area contributed by atoms with Gasteiger partial charge >= 0.3 is 5.97 Å². The molecule has 0 fully saturated rings. The lowest BCUT2D eigenvalue weighted by Crippen LogP contribution is -2.56. The summed E-state index contributed by atoms with van der Waals surface area (Å²) in [5, 5.41) is 12.0. The lowest BCUT2D eigenvalue weighted by atomic mass is 9.94. The molecule has 0 aliphatic heterocycles. The molecule has 0 aromatic carbocycles. The van der Waals surface area contributed by atoms with Crippen molar-refractivity contribution in [2.75, 3.05) is 0 Å². The standard InChI is InChI=1S/C9H19NO2/c1-6-9(5,7(11)12)10-8(2,3)4/h10H,6H2,1-5H3,(H,11,12)/t9-/m0/s1. The van der Waals surface area contributed by atoms with Crippen LogP contribution in [0.25, 0.3) is 0 Å². The molecule has 2 N–H and O–H groups in total. The summed E-state index contributed by atoms with van der Waals surface area (Å²) in [4.78, 5) is 10.9. The molecule has 0 saturated carbocycles. The quantitative estimate of drug-likeness (QED) is 0.682. The van der Waals surface area contributed by atoms with Gasteiger partial charge in [-0.2, -0.15) is 0 Å². The average molecular weight is 173 g/mol. The van der Waals surface area contributed by atoms with E-state index in [4.69, 9.17) is 5.11 Å². The van der Waals surface area contributed by atoms with Crippen LogP contribution in [0.15, 0.2) is 0 Å². The van der Waals surface area contributed by atoms with Crippen molar-refractivity contribution >= 4 is 5.97 Å². The van der Waals surface area contributed by atoms with Crippen molar-refractivity contribution in [3.8, 4) is 0 Å². The van der Waals surface area contributed by atoms with Crippen LogP contribution in [-0.4, -0.2) is 22.2 Å². The van der Waals surface area contributed by atoms with Crippen LogP contribution in [0.4, 0.5) is 0 Å². The fraction of sp³-hybridized carbons (Fsp3) is 0.889. The van der Waals surface area contributed by atoms with Gasteiger partial charge in [-0.05, 0) is 34.1 Å². The Morgan fingerprint density at radius 2 is 1.75 bits per heavy atom. The predicted octanol–water partition coefficient (Wildman–Crippen LogP) is 1.63. The van der Waals surface area contributed by atoms with Gasteiger partial charge in [0, 0.05) is 5.54 Å². The van der Waals surface area contributed by atoms with Gasteiger partial charge in [0.15, 0.2) is 0 Å². The van der Waals surface area contributed by atoms with Gasteiger partial charge in [-0.25, -0.2) is 0 Å². The fourth-order valence-electron chi connectivity index (χ4n) is 1.12. The van der Waals surface area contributed by atoms with Crippen molar-refractivity contribution in [2.24, 2.45) is 0 Å². The summed E-state index contributed by atoms with van der Waals surface area (Å²) >= 11 is 0. The third kappa shape index (κ3) is 3.22. The van der Waals surface area contributed by atoms with Crippen LogP contribution in [-0.2, 0) is 4.79 Å². The molecule has 1 atom stereocenters. The second-order valence-electron chi connectivity index (χ2n) is 4.37. The van der Waals surface area contributed by atoms with Gasteiger partial charge in [-0.15, -0.1) is 0 Å². The zero-order chi connectivity index (χ0) is 9.99. The maximum atomic E-state index is 10.9.